The van der Waals surface area contributed by atoms with Crippen LogP contribution in [0, 0.1) is 0 Å². The van der Waals surface area contributed by atoms with Crippen LogP contribution in [0.25, 0.3) is 6.08 Å². The lowest BCUT2D eigenvalue weighted by atomic mass is 10.1. The van der Waals surface area contributed by atoms with Gasteiger partial charge in [-0.2, -0.15) is 0 Å². The molecule has 2 heteroatoms. The molecule has 2 nitrogen and oxygen atoms in total. The average Bonchev–Trinajstić information content (AvgIpc) is 2.30. The third kappa shape index (κ3) is 2.94. The molecule has 0 radical (unpaired) electrons. The van der Waals surface area contributed by atoms with E-state index in [9.17, 15) is 5.11 Å². The van der Waals surface area contributed by atoms with Crippen LogP contribution in [-0.4, -0.2) is 29.2 Å². The topological polar surface area (TPSA) is 23.5 Å². The van der Waals surface area contributed by atoms with Crippen molar-refractivity contribution >= 4 is 6.08 Å². The summed E-state index contributed by atoms with van der Waals surface area (Å²) in [5.41, 5.74) is 2.46. The first kappa shape index (κ1) is 11.4. The first-order chi connectivity index (χ1) is 7.78. The fourth-order valence-electron chi connectivity index (χ4n) is 2.19. The molecule has 16 heavy (non-hydrogen) atoms. The van der Waals surface area contributed by atoms with Crippen molar-refractivity contribution in [2.45, 2.75) is 25.5 Å². The minimum Gasteiger partial charge on any atom is -0.392 e. The highest BCUT2D eigenvalue weighted by atomic mass is 16.3. The van der Waals surface area contributed by atoms with Gasteiger partial charge in [-0.25, -0.2) is 0 Å². The molecule has 1 fully saturated rings. The van der Waals surface area contributed by atoms with Gasteiger partial charge in [-0.1, -0.05) is 36.9 Å². The van der Waals surface area contributed by atoms with Crippen LogP contribution in [0.4, 0.5) is 0 Å². The molecule has 0 aliphatic carbocycles. The summed E-state index contributed by atoms with van der Waals surface area (Å²) in [6.45, 7) is 6.59. The van der Waals surface area contributed by atoms with E-state index in [1.165, 1.54) is 5.56 Å². The molecule has 0 bridgehead atoms. The number of hydrogen-bond donors (Lipinski definition) is 1. The van der Waals surface area contributed by atoms with Gasteiger partial charge in [0, 0.05) is 13.1 Å². The Morgan fingerprint density at radius 2 is 2.12 bits per heavy atom. The van der Waals surface area contributed by atoms with Gasteiger partial charge in [0.05, 0.1) is 6.10 Å². The van der Waals surface area contributed by atoms with E-state index in [1.54, 1.807) is 0 Å². The predicted molar refractivity (Wildman–Crippen MR) is 67.1 cm³/mol. The molecule has 1 aromatic rings. The van der Waals surface area contributed by atoms with Crippen molar-refractivity contribution in [2.75, 3.05) is 13.1 Å². The van der Waals surface area contributed by atoms with Crippen LogP contribution < -0.4 is 0 Å². The fraction of sp³-hybridized carbons (Fsp3) is 0.429. The van der Waals surface area contributed by atoms with E-state index in [-0.39, 0.29) is 6.10 Å². The molecule has 0 amide bonds. The first-order valence-corrected chi connectivity index (χ1v) is 5.90. The Balaban J connectivity index is 1.94. The van der Waals surface area contributed by atoms with E-state index in [4.69, 9.17) is 0 Å². The van der Waals surface area contributed by atoms with Crippen LogP contribution in [0.3, 0.4) is 0 Å². The van der Waals surface area contributed by atoms with Gasteiger partial charge in [0.1, 0.15) is 0 Å². The highest BCUT2D eigenvalue weighted by molar-refractivity contribution is 5.47. The number of aliphatic hydroxyl groups is 1. The first-order valence-electron chi connectivity index (χ1n) is 5.90. The number of nitrogens with zero attached hydrogens (tertiary/aromatic N) is 1. The van der Waals surface area contributed by atoms with Crippen molar-refractivity contribution in [2.24, 2.45) is 0 Å². The molecule has 1 saturated heterocycles. The normalized spacial score (nSPS) is 21.9. The van der Waals surface area contributed by atoms with E-state index in [0.717, 1.165) is 38.0 Å². The molecule has 86 valence electrons. The third-order valence-electron chi connectivity index (χ3n) is 3.10. The zero-order valence-corrected chi connectivity index (χ0v) is 9.60. The lowest BCUT2D eigenvalue weighted by Gasteiger charge is -2.29. The second kappa shape index (κ2) is 5.28. The van der Waals surface area contributed by atoms with Crippen LogP contribution in [0.1, 0.15) is 24.0 Å². The van der Waals surface area contributed by atoms with Gasteiger partial charge < -0.3 is 5.11 Å². The zero-order valence-electron chi connectivity index (χ0n) is 9.60. The molecule has 1 aliphatic rings. The third-order valence-corrected chi connectivity index (χ3v) is 3.10. The molecule has 0 saturated carbocycles. The van der Waals surface area contributed by atoms with E-state index in [0.29, 0.717) is 0 Å². The summed E-state index contributed by atoms with van der Waals surface area (Å²) in [7, 11) is 0. The summed E-state index contributed by atoms with van der Waals surface area (Å²) < 4.78 is 0. The quantitative estimate of drug-likeness (QED) is 0.839. The molecule has 1 atom stereocenters. The van der Waals surface area contributed by atoms with Crippen LogP contribution >= 0.6 is 0 Å². The van der Waals surface area contributed by atoms with Gasteiger partial charge in [0.15, 0.2) is 0 Å². The monoisotopic (exact) mass is 217 g/mol. The van der Waals surface area contributed by atoms with Gasteiger partial charge in [-0.3, -0.25) is 4.90 Å². The number of likely N-dealkylation sites (tertiary alicyclic amines) is 1. The molecule has 1 heterocycles. The highest BCUT2D eigenvalue weighted by Crippen LogP contribution is 2.14. The Labute approximate surface area is 97.2 Å². The highest BCUT2D eigenvalue weighted by Gasteiger charge is 2.17. The van der Waals surface area contributed by atoms with Gasteiger partial charge in [0.25, 0.3) is 0 Å². The molecule has 1 N–H and O–H groups in total. The Morgan fingerprint density at radius 3 is 2.75 bits per heavy atom. The fourth-order valence-corrected chi connectivity index (χ4v) is 2.19. The minimum atomic E-state index is -0.138. The molecular formula is C14H19NO. The summed E-state index contributed by atoms with van der Waals surface area (Å²) in [4.78, 5) is 2.32. The smallest absolute Gasteiger partial charge is 0.0667 e. The van der Waals surface area contributed by atoms with Crippen molar-refractivity contribution in [3.05, 3.63) is 42.0 Å². The second-order valence-electron chi connectivity index (χ2n) is 4.48. The second-order valence-corrected chi connectivity index (χ2v) is 4.48. The number of aliphatic hydroxyl groups excluding tert-OH is 1. The molecule has 2 rings (SSSR count). The Hall–Kier alpha value is -1.12. The number of rotatable bonds is 3. The maximum Gasteiger partial charge on any atom is 0.0667 e. The van der Waals surface area contributed by atoms with E-state index in [2.05, 4.69) is 35.7 Å². The molecule has 1 aliphatic heterocycles. The van der Waals surface area contributed by atoms with Crippen molar-refractivity contribution in [1.82, 2.24) is 4.90 Å². The lowest BCUT2D eigenvalue weighted by Crippen LogP contribution is -2.37. The Kier molecular flexibility index (Phi) is 3.75. The van der Waals surface area contributed by atoms with Crippen LogP contribution in [0.15, 0.2) is 30.8 Å². The largest absolute Gasteiger partial charge is 0.392 e. The maximum atomic E-state index is 9.58. The van der Waals surface area contributed by atoms with E-state index in [1.807, 2.05) is 6.08 Å². The van der Waals surface area contributed by atoms with Gasteiger partial charge in [-0.05, 0) is 30.5 Å². The van der Waals surface area contributed by atoms with Gasteiger partial charge in [-0.15, -0.1) is 0 Å². The number of benzene rings is 1. The van der Waals surface area contributed by atoms with Crippen molar-refractivity contribution < 1.29 is 5.11 Å². The molecular weight excluding hydrogens is 198 g/mol. The summed E-state index contributed by atoms with van der Waals surface area (Å²) in [6, 6.07) is 8.45. The molecule has 0 spiro atoms. The van der Waals surface area contributed by atoms with Crippen LogP contribution in [0.5, 0.6) is 0 Å². The van der Waals surface area contributed by atoms with Gasteiger partial charge >= 0.3 is 0 Å². The lowest BCUT2D eigenvalue weighted by molar-refractivity contribution is 0.0668. The summed E-state index contributed by atoms with van der Waals surface area (Å²) in [5.74, 6) is 0. The van der Waals surface area contributed by atoms with Crippen LogP contribution in [-0.2, 0) is 6.54 Å². The zero-order chi connectivity index (χ0) is 11.4. The number of piperidine rings is 1. The predicted octanol–water partition coefficient (Wildman–Crippen LogP) is 2.29. The minimum absolute atomic E-state index is 0.138. The van der Waals surface area contributed by atoms with E-state index < -0.39 is 0 Å². The molecule has 0 aromatic heterocycles. The Bertz CT molecular complexity index is 344. The summed E-state index contributed by atoms with van der Waals surface area (Å²) >= 11 is 0. The summed E-state index contributed by atoms with van der Waals surface area (Å²) in [6.07, 6.45) is 3.77. The SMILES string of the molecule is C=Cc1ccc(CN2CCC[C@@H](O)C2)cc1. The van der Waals surface area contributed by atoms with Crippen molar-refractivity contribution in [3.8, 4) is 0 Å². The Morgan fingerprint density at radius 1 is 1.38 bits per heavy atom. The standard InChI is InChI=1S/C14H19NO/c1-2-12-5-7-13(8-6-12)10-15-9-3-4-14(16)11-15/h2,5-8,14,16H,1,3-4,9-11H2/t14-/m1/s1. The van der Waals surface area contributed by atoms with Crippen LogP contribution in [0.2, 0.25) is 0 Å². The van der Waals surface area contributed by atoms with E-state index >= 15 is 0 Å². The average molecular weight is 217 g/mol. The number of β-amino-alcohol motifs (C(OH)–C–C–N with tert-alkyl or cyclic N) is 1. The number of hydrogen-bond acceptors (Lipinski definition) is 2. The summed E-state index contributed by atoms with van der Waals surface area (Å²) in [5, 5.41) is 9.58. The van der Waals surface area contributed by atoms with Gasteiger partial charge in [0.2, 0.25) is 0 Å². The molecule has 1 aromatic carbocycles. The van der Waals surface area contributed by atoms with Crippen molar-refractivity contribution in [1.29, 1.82) is 0 Å². The maximum absolute atomic E-state index is 9.58. The molecule has 0 unspecified atom stereocenters. The van der Waals surface area contributed by atoms with Crippen molar-refractivity contribution in [3.63, 3.8) is 0 Å².